The van der Waals surface area contributed by atoms with Crippen LogP contribution in [0.5, 0.6) is 0 Å². The SMILES string of the molecule is CCC(=O)N1CCCCC1C(=O)N1CCN(S(=O)(=O)c2ccc(Cl)c(Cl)c2)CC1. The van der Waals surface area contributed by atoms with Crippen LogP contribution in [0.2, 0.25) is 10.0 Å². The van der Waals surface area contributed by atoms with Crippen molar-refractivity contribution in [2.75, 3.05) is 32.7 Å². The predicted octanol–water partition coefficient (Wildman–Crippen LogP) is 2.62. The Labute approximate surface area is 181 Å². The molecule has 2 amide bonds. The highest BCUT2D eigenvalue weighted by molar-refractivity contribution is 7.89. The van der Waals surface area contributed by atoms with Crippen molar-refractivity contribution in [3.05, 3.63) is 28.2 Å². The van der Waals surface area contributed by atoms with Gasteiger partial charge in [0.15, 0.2) is 0 Å². The van der Waals surface area contributed by atoms with E-state index in [0.29, 0.717) is 37.5 Å². The highest BCUT2D eigenvalue weighted by Gasteiger charge is 2.37. The third-order valence-electron chi connectivity index (χ3n) is 5.49. The van der Waals surface area contributed by atoms with Crippen molar-refractivity contribution in [3.63, 3.8) is 0 Å². The van der Waals surface area contributed by atoms with E-state index >= 15 is 0 Å². The zero-order chi connectivity index (χ0) is 21.2. The van der Waals surface area contributed by atoms with Crippen LogP contribution in [0.4, 0.5) is 0 Å². The average Bonchev–Trinajstić information content (AvgIpc) is 2.74. The Morgan fingerprint density at radius 3 is 2.34 bits per heavy atom. The number of benzene rings is 1. The summed E-state index contributed by atoms with van der Waals surface area (Å²) in [6.45, 7) is 3.39. The van der Waals surface area contributed by atoms with Crippen LogP contribution in [0.15, 0.2) is 23.1 Å². The molecule has 0 radical (unpaired) electrons. The molecule has 0 N–H and O–H groups in total. The van der Waals surface area contributed by atoms with Crippen LogP contribution in [-0.2, 0) is 19.6 Å². The summed E-state index contributed by atoms with van der Waals surface area (Å²) in [6, 6.07) is 3.79. The normalized spacial score (nSPS) is 21.3. The molecule has 1 aromatic rings. The highest BCUT2D eigenvalue weighted by Crippen LogP contribution is 2.27. The molecule has 1 unspecified atom stereocenters. The zero-order valence-corrected chi connectivity index (χ0v) is 18.6. The minimum atomic E-state index is -3.72. The van der Waals surface area contributed by atoms with Gasteiger partial charge in [-0.1, -0.05) is 30.1 Å². The van der Waals surface area contributed by atoms with Gasteiger partial charge in [-0.2, -0.15) is 4.31 Å². The lowest BCUT2D eigenvalue weighted by Gasteiger charge is -2.40. The number of nitrogens with zero attached hydrogens (tertiary/aromatic N) is 3. The number of hydrogen-bond donors (Lipinski definition) is 0. The summed E-state index contributed by atoms with van der Waals surface area (Å²) in [5, 5.41) is 0.472. The van der Waals surface area contributed by atoms with E-state index in [0.717, 1.165) is 12.8 Å². The molecule has 2 fully saturated rings. The monoisotopic (exact) mass is 461 g/mol. The first-order chi connectivity index (χ1) is 13.8. The number of halogens is 2. The second-order valence-corrected chi connectivity index (χ2v) is 10.0. The lowest BCUT2D eigenvalue weighted by Crippen LogP contribution is -2.57. The molecular formula is C19H25Cl2N3O4S. The van der Waals surface area contributed by atoms with Crippen molar-refractivity contribution in [2.24, 2.45) is 0 Å². The predicted molar refractivity (Wildman–Crippen MR) is 111 cm³/mol. The standard InChI is InChI=1S/C19H25Cl2N3O4S/c1-2-18(25)24-8-4-3-5-17(24)19(26)22-9-11-23(12-10-22)29(27,28)14-6-7-15(20)16(21)13-14/h6-7,13,17H,2-5,8-12H2,1H3. The maximum absolute atomic E-state index is 13.0. The van der Waals surface area contributed by atoms with E-state index in [-0.39, 0.29) is 34.8 Å². The number of hydrogen-bond acceptors (Lipinski definition) is 4. The molecule has 0 bridgehead atoms. The lowest BCUT2D eigenvalue weighted by molar-refractivity contribution is -0.148. The molecular weight excluding hydrogens is 437 g/mol. The van der Waals surface area contributed by atoms with Crippen LogP contribution in [0.1, 0.15) is 32.6 Å². The molecule has 0 saturated carbocycles. The quantitative estimate of drug-likeness (QED) is 0.690. The molecule has 1 aromatic carbocycles. The first-order valence-corrected chi connectivity index (χ1v) is 12.0. The molecule has 2 aliphatic heterocycles. The number of piperidine rings is 1. The molecule has 160 valence electrons. The highest BCUT2D eigenvalue weighted by atomic mass is 35.5. The number of piperazine rings is 1. The number of sulfonamides is 1. The Bertz CT molecular complexity index is 885. The van der Waals surface area contributed by atoms with E-state index in [2.05, 4.69) is 0 Å². The van der Waals surface area contributed by atoms with Gasteiger partial charge in [0.25, 0.3) is 0 Å². The maximum atomic E-state index is 13.0. The van der Waals surface area contributed by atoms with Gasteiger partial charge >= 0.3 is 0 Å². The first-order valence-electron chi connectivity index (χ1n) is 9.79. The molecule has 3 rings (SSSR count). The number of carbonyl (C=O) groups is 2. The second-order valence-electron chi connectivity index (χ2n) is 7.26. The number of carbonyl (C=O) groups excluding carboxylic acids is 2. The third-order valence-corrected chi connectivity index (χ3v) is 8.12. The first kappa shape index (κ1) is 22.3. The molecule has 0 spiro atoms. The van der Waals surface area contributed by atoms with E-state index in [1.165, 1.54) is 22.5 Å². The summed E-state index contributed by atoms with van der Waals surface area (Å²) in [5.41, 5.74) is 0. The van der Waals surface area contributed by atoms with Crippen LogP contribution in [0, 0.1) is 0 Å². The minimum Gasteiger partial charge on any atom is -0.338 e. The largest absolute Gasteiger partial charge is 0.338 e. The number of rotatable bonds is 4. The Morgan fingerprint density at radius 1 is 1.03 bits per heavy atom. The second kappa shape index (κ2) is 9.20. The summed E-state index contributed by atoms with van der Waals surface area (Å²) in [7, 11) is -3.72. The molecule has 2 aliphatic rings. The van der Waals surface area contributed by atoms with Crippen molar-refractivity contribution in [1.82, 2.24) is 14.1 Å². The van der Waals surface area contributed by atoms with Gasteiger partial charge in [-0.15, -0.1) is 0 Å². The van der Waals surface area contributed by atoms with Crippen molar-refractivity contribution in [2.45, 2.75) is 43.5 Å². The van der Waals surface area contributed by atoms with Crippen molar-refractivity contribution in [3.8, 4) is 0 Å². The van der Waals surface area contributed by atoms with Crippen molar-refractivity contribution >= 4 is 45.0 Å². The fourth-order valence-corrected chi connectivity index (χ4v) is 5.65. The summed E-state index contributed by atoms with van der Waals surface area (Å²) in [4.78, 5) is 28.7. The summed E-state index contributed by atoms with van der Waals surface area (Å²) in [6.07, 6.45) is 2.85. The molecule has 10 heteroatoms. The van der Waals surface area contributed by atoms with Gasteiger partial charge in [0.1, 0.15) is 6.04 Å². The average molecular weight is 462 g/mol. The van der Waals surface area contributed by atoms with Crippen LogP contribution in [0.25, 0.3) is 0 Å². The number of amides is 2. The molecule has 0 aliphatic carbocycles. The number of likely N-dealkylation sites (tertiary alicyclic amines) is 1. The molecule has 29 heavy (non-hydrogen) atoms. The molecule has 0 aromatic heterocycles. The summed E-state index contributed by atoms with van der Waals surface area (Å²) in [5.74, 6) is -0.0954. The molecule has 2 saturated heterocycles. The van der Waals surface area contributed by atoms with Crippen LogP contribution in [-0.4, -0.2) is 73.1 Å². The Kier molecular flexibility index (Phi) is 7.09. The van der Waals surface area contributed by atoms with E-state index in [4.69, 9.17) is 23.2 Å². The van der Waals surface area contributed by atoms with Crippen molar-refractivity contribution in [1.29, 1.82) is 0 Å². The van der Waals surface area contributed by atoms with E-state index in [1.54, 1.807) is 16.7 Å². The fraction of sp³-hybridized carbons (Fsp3) is 0.579. The minimum absolute atomic E-state index is 0.0103. The zero-order valence-electron chi connectivity index (χ0n) is 16.3. The van der Waals surface area contributed by atoms with Crippen LogP contribution < -0.4 is 0 Å². The van der Waals surface area contributed by atoms with Gasteiger partial charge in [-0.3, -0.25) is 9.59 Å². The fourth-order valence-electron chi connectivity index (χ4n) is 3.84. The lowest BCUT2D eigenvalue weighted by atomic mass is 10.00. The van der Waals surface area contributed by atoms with E-state index in [1.807, 2.05) is 0 Å². The Balaban J connectivity index is 1.67. The molecule has 2 heterocycles. The van der Waals surface area contributed by atoms with Crippen LogP contribution in [0.3, 0.4) is 0 Å². The van der Waals surface area contributed by atoms with Gasteiger partial charge in [0.2, 0.25) is 21.8 Å². The Morgan fingerprint density at radius 2 is 1.72 bits per heavy atom. The Hall–Kier alpha value is -1.35. The summed E-state index contributed by atoms with van der Waals surface area (Å²) >= 11 is 11.8. The molecule has 7 nitrogen and oxygen atoms in total. The summed E-state index contributed by atoms with van der Waals surface area (Å²) < 4.78 is 27.1. The smallest absolute Gasteiger partial charge is 0.245 e. The van der Waals surface area contributed by atoms with Gasteiger partial charge in [0.05, 0.1) is 14.9 Å². The molecule has 1 atom stereocenters. The van der Waals surface area contributed by atoms with Gasteiger partial charge in [-0.05, 0) is 37.5 Å². The van der Waals surface area contributed by atoms with Gasteiger partial charge < -0.3 is 9.80 Å². The topological polar surface area (TPSA) is 78.0 Å². The van der Waals surface area contributed by atoms with Crippen molar-refractivity contribution < 1.29 is 18.0 Å². The third kappa shape index (κ3) is 4.71. The van der Waals surface area contributed by atoms with Gasteiger partial charge in [-0.25, -0.2) is 8.42 Å². The van der Waals surface area contributed by atoms with Crippen LogP contribution >= 0.6 is 23.2 Å². The van der Waals surface area contributed by atoms with E-state index in [9.17, 15) is 18.0 Å². The van der Waals surface area contributed by atoms with Gasteiger partial charge in [0, 0.05) is 39.1 Å². The van der Waals surface area contributed by atoms with E-state index < -0.39 is 16.1 Å². The maximum Gasteiger partial charge on any atom is 0.245 e.